The van der Waals surface area contributed by atoms with Crippen LogP contribution >= 0.6 is 23.1 Å². The number of rotatable bonds is 9. The zero-order valence-electron chi connectivity index (χ0n) is 18.5. The second kappa shape index (κ2) is 10.1. The van der Waals surface area contributed by atoms with E-state index in [1.54, 1.807) is 23.1 Å². The summed E-state index contributed by atoms with van der Waals surface area (Å²) in [5.74, 6) is 2.38. The first-order chi connectivity index (χ1) is 15.5. The van der Waals surface area contributed by atoms with E-state index in [1.165, 1.54) is 16.7 Å². The maximum atomic E-state index is 6.03. The number of hydrogen-bond acceptors (Lipinski definition) is 6. The number of aromatic nitrogens is 4. The number of aryl methyl sites for hydroxylation is 3. The van der Waals surface area contributed by atoms with Crippen LogP contribution < -0.4 is 4.74 Å². The maximum Gasteiger partial charge on any atom is 0.191 e. The van der Waals surface area contributed by atoms with Crippen molar-refractivity contribution >= 4 is 23.1 Å². The van der Waals surface area contributed by atoms with Gasteiger partial charge < -0.3 is 4.74 Å². The number of nitrogens with zero attached hydrogens (tertiary/aromatic N) is 4. The largest absolute Gasteiger partial charge is 0.485 e. The molecule has 0 unspecified atom stereocenters. The highest BCUT2D eigenvalue weighted by atomic mass is 32.2. The fraction of sp³-hybridized carbons (Fsp3) is 0.240. The molecule has 0 fully saturated rings. The molecule has 2 aromatic heterocycles. The third kappa shape index (κ3) is 5.11. The van der Waals surface area contributed by atoms with Crippen LogP contribution in [0.4, 0.5) is 0 Å². The van der Waals surface area contributed by atoms with Crippen LogP contribution in [0.2, 0.25) is 0 Å². The van der Waals surface area contributed by atoms with Gasteiger partial charge in [0.15, 0.2) is 11.0 Å². The molecule has 0 N–H and O–H groups in total. The second-order valence-electron chi connectivity index (χ2n) is 7.60. The summed E-state index contributed by atoms with van der Waals surface area (Å²) in [4.78, 5) is 4.83. The van der Waals surface area contributed by atoms with Crippen LogP contribution in [0.5, 0.6) is 5.75 Å². The van der Waals surface area contributed by atoms with Gasteiger partial charge in [0.2, 0.25) is 0 Å². The molecule has 0 bridgehead atoms. The minimum atomic E-state index is 0.361. The SMILES string of the molecule is C=CCn1c(COc2ccc(C)cc2C)nnc1SCc1csc(-c2ccccc2C)n1. The summed E-state index contributed by atoms with van der Waals surface area (Å²) in [5.41, 5.74) is 5.80. The third-order valence-electron chi connectivity index (χ3n) is 5.07. The van der Waals surface area contributed by atoms with E-state index in [2.05, 4.69) is 83.9 Å². The van der Waals surface area contributed by atoms with Crippen molar-refractivity contribution < 1.29 is 4.74 Å². The van der Waals surface area contributed by atoms with E-state index in [-0.39, 0.29) is 0 Å². The van der Waals surface area contributed by atoms with Crippen molar-refractivity contribution in [1.82, 2.24) is 19.7 Å². The molecule has 0 saturated carbocycles. The Morgan fingerprint density at radius 1 is 1.09 bits per heavy atom. The molecule has 0 radical (unpaired) electrons. The van der Waals surface area contributed by atoms with Crippen LogP contribution in [0.3, 0.4) is 0 Å². The Hall–Kier alpha value is -2.90. The molecule has 0 aliphatic heterocycles. The molecule has 164 valence electrons. The van der Waals surface area contributed by atoms with E-state index in [0.29, 0.717) is 13.2 Å². The van der Waals surface area contributed by atoms with Crippen LogP contribution in [0.15, 0.2) is 65.7 Å². The maximum absolute atomic E-state index is 6.03. The fourth-order valence-electron chi connectivity index (χ4n) is 3.40. The Morgan fingerprint density at radius 3 is 2.72 bits per heavy atom. The van der Waals surface area contributed by atoms with E-state index >= 15 is 0 Å². The lowest BCUT2D eigenvalue weighted by Crippen LogP contribution is -2.08. The van der Waals surface area contributed by atoms with Gasteiger partial charge in [-0.2, -0.15) is 0 Å². The Morgan fingerprint density at radius 2 is 1.94 bits per heavy atom. The molecule has 4 rings (SSSR count). The van der Waals surface area contributed by atoms with E-state index in [9.17, 15) is 0 Å². The zero-order valence-corrected chi connectivity index (χ0v) is 20.2. The highest BCUT2D eigenvalue weighted by Gasteiger charge is 2.14. The molecule has 7 heteroatoms. The van der Waals surface area contributed by atoms with Gasteiger partial charge in [-0.05, 0) is 38.0 Å². The second-order valence-corrected chi connectivity index (χ2v) is 9.40. The molecule has 0 saturated heterocycles. The summed E-state index contributed by atoms with van der Waals surface area (Å²) < 4.78 is 8.08. The van der Waals surface area contributed by atoms with Gasteiger partial charge in [0.1, 0.15) is 17.4 Å². The molecule has 32 heavy (non-hydrogen) atoms. The average molecular weight is 463 g/mol. The Labute approximate surface area is 197 Å². The average Bonchev–Trinajstić information content (AvgIpc) is 3.39. The summed E-state index contributed by atoms with van der Waals surface area (Å²) in [6, 6.07) is 14.5. The number of thioether (sulfide) groups is 1. The molecule has 2 heterocycles. The number of hydrogen-bond donors (Lipinski definition) is 0. The van der Waals surface area contributed by atoms with Gasteiger partial charge in [-0.1, -0.05) is 59.8 Å². The predicted molar refractivity (Wildman–Crippen MR) is 132 cm³/mol. The van der Waals surface area contributed by atoms with Crippen LogP contribution in [-0.4, -0.2) is 19.7 Å². The van der Waals surface area contributed by atoms with Gasteiger partial charge in [-0.3, -0.25) is 4.57 Å². The molecule has 2 aromatic carbocycles. The standard InChI is InChI=1S/C25H26N4OS2/c1-5-12-29-23(14-30-22-11-10-17(2)13-19(22)4)27-28-25(29)32-16-20-15-31-24(26-20)21-9-7-6-8-18(21)3/h5-11,13,15H,1,12,14,16H2,2-4H3. The molecule has 0 amide bonds. The van der Waals surface area contributed by atoms with Gasteiger partial charge >= 0.3 is 0 Å². The van der Waals surface area contributed by atoms with Crippen molar-refractivity contribution in [2.45, 2.75) is 44.8 Å². The molecule has 0 spiro atoms. The predicted octanol–water partition coefficient (Wildman–Crippen LogP) is 6.38. The Balaban J connectivity index is 1.44. The fourth-order valence-corrected chi connectivity index (χ4v) is 5.27. The summed E-state index contributed by atoms with van der Waals surface area (Å²) in [6.45, 7) is 11.1. The van der Waals surface area contributed by atoms with E-state index < -0.39 is 0 Å². The van der Waals surface area contributed by atoms with Crippen molar-refractivity contribution in [2.75, 3.05) is 0 Å². The quantitative estimate of drug-likeness (QED) is 0.213. The molecule has 0 aliphatic carbocycles. The molecule has 4 aromatic rings. The molecular weight excluding hydrogens is 436 g/mol. The smallest absolute Gasteiger partial charge is 0.191 e. The Kier molecular flexibility index (Phi) is 7.07. The van der Waals surface area contributed by atoms with Crippen molar-refractivity contribution in [3.63, 3.8) is 0 Å². The lowest BCUT2D eigenvalue weighted by Gasteiger charge is -2.11. The van der Waals surface area contributed by atoms with Crippen LogP contribution in [0.25, 0.3) is 10.6 Å². The lowest BCUT2D eigenvalue weighted by molar-refractivity contribution is 0.287. The number of thiazole rings is 1. The topological polar surface area (TPSA) is 52.8 Å². The first-order valence-corrected chi connectivity index (χ1v) is 12.3. The summed E-state index contributed by atoms with van der Waals surface area (Å²) in [7, 11) is 0. The van der Waals surface area contributed by atoms with E-state index in [0.717, 1.165) is 38.7 Å². The molecule has 5 nitrogen and oxygen atoms in total. The molecule has 0 atom stereocenters. The third-order valence-corrected chi connectivity index (χ3v) is 6.99. The van der Waals surface area contributed by atoms with E-state index in [1.807, 2.05) is 12.1 Å². The monoisotopic (exact) mass is 462 g/mol. The highest BCUT2D eigenvalue weighted by Crippen LogP contribution is 2.29. The number of benzene rings is 2. The van der Waals surface area contributed by atoms with Gasteiger partial charge in [0.25, 0.3) is 0 Å². The minimum Gasteiger partial charge on any atom is -0.485 e. The van der Waals surface area contributed by atoms with Crippen LogP contribution in [0, 0.1) is 20.8 Å². The zero-order chi connectivity index (χ0) is 22.5. The summed E-state index contributed by atoms with van der Waals surface area (Å²) >= 11 is 3.31. The Bertz CT molecular complexity index is 1230. The summed E-state index contributed by atoms with van der Waals surface area (Å²) in [5, 5.41) is 12.8. The van der Waals surface area contributed by atoms with Crippen molar-refractivity contribution in [3.05, 3.63) is 88.7 Å². The van der Waals surface area contributed by atoms with Gasteiger partial charge in [-0.25, -0.2) is 4.98 Å². The minimum absolute atomic E-state index is 0.361. The normalized spacial score (nSPS) is 11.0. The van der Waals surface area contributed by atoms with Crippen molar-refractivity contribution in [3.8, 4) is 16.3 Å². The number of allylic oxidation sites excluding steroid dienone is 1. The highest BCUT2D eigenvalue weighted by molar-refractivity contribution is 7.98. The van der Waals surface area contributed by atoms with Gasteiger partial charge in [0.05, 0.1) is 5.69 Å². The van der Waals surface area contributed by atoms with Crippen molar-refractivity contribution in [1.29, 1.82) is 0 Å². The van der Waals surface area contributed by atoms with Crippen LogP contribution in [0.1, 0.15) is 28.2 Å². The van der Waals surface area contributed by atoms with Gasteiger partial charge in [-0.15, -0.1) is 28.1 Å². The van der Waals surface area contributed by atoms with Crippen LogP contribution in [-0.2, 0) is 18.9 Å². The number of ether oxygens (including phenoxy) is 1. The summed E-state index contributed by atoms with van der Waals surface area (Å²) in [6.07, 6.45) is 1.85. The molecule has 0 aliphatic rings. The first-order valence-electron chi connectivity index (χ1n) is 10.4. The lowest BCUT2D eigenvalue weighted by atomic mass is 10.1. The molecular formula is C25H26N4OS2. The van der Waals surface area contributed by atoms with Gasteiger partial charge in [0, 0.05) is 23.2 Å². The van der Waals surface area contributed by atoms with Crippen molar-refractivity contribution in [2.24, 2.45) is 0 Å². The first kappa shape index (κ1) is 22.3. The van der Waals surface area contributed by atoms with E-state index in [4.69, 9.17) is 9.72 Å².